The van der Waals surface area contributed by atoms with Crippen molar-refractivity contribution in [1.82, 2.24) is 10.2 Å². The first-order chi connectivity index (χ1) is 10.9. The molecule has 2 aliphatic rings. The van der Waals surface area contributed by atoms with Gasteiger partial charge in [0.1, 0.15) is 6.54 Å². The number of quaternary nitrogens is 1. The van der Waals surface area contributed by atoms with Crippen LogP contribution in [0.1, 0.15) is 24.0 Å². The van der Waals surface area contributed by atoms with Gasteiger partial charge >= 0.3 is 6.18 Å². The van der Waals surface area contributed by atoms with Crippen LogP contribution in [0.2, 0.25) is 0 Å². The van der Waals surface area contributed by atoms with E-state index in [0.717, 1.165) is 43.4 Å². The molecule has 1 saturated carbocycles. The zero-order chi connectivity index (χ0) is 16.4. The van der Waals surface area contributed by atoms with Crippen molar-refractivity contribution in [2.75, 3.05) is 26.2 Å². The topological polar surface area (TPSA) is 19.7 Å². The lowest BCUT2D eigenvalue weighted by Gasteiger charge is -2.34. The maximum absolute atomic E-state index is 12.6. The first kappa shape index (κ1) is 16.5. The van der Waals surface area contributed by atoms with Crippen molar-refractivity contribution in [1.29, 1.82) is 0 Å². The van der Waals surface area contributed by atoms with Crippen LogP contribution < -0.4 is 10.2 Å². The van der Waals surface area contributed by atoms with Gasteiger partial charge in [-0.2, -0.15) is 13.2 Å². The number of halogens is 3. The molecule has 126 valence electrons. The van der Waals surface area contributed by atoms with Gasteiger partial charge in [-0.15, -0.1) is 0 Å². The average molecular weight is 344 g/mol. The third kappa shape index (κ3) is 4.57. The van der Waals surface area contributed by atoms with E-state index in [0.29, 0.717) is 6.04 Å². The Morgan fingerprint density at radius 1 is 1.17 bits per heavy atom. The summed E-state index contributed by atoms with van der Waals surface area (Å²) in [5, 5.41) is 4.20. The van der Waals surface area contributed by atoms with Crippen LogP contribution in [0.25, 0.3) is 0 Å². The van der Waals surface area contributed by atoms with Crippen LogP contribution in [0.4, 0.5) is 13.2 Å². The van der Waals surface area contributed by atoms with E-state index >= 15 is 0 Å². The van der Waals surface area contributed by atoms with Gasteiger partial charge in [0.25, 0.3) is 0 Å². The Morgan fingerprint density at radius 2 is 1.78 bits per heavy atom. The highest BCUT2D eigenvalue weighted by atomic mass is 32.1. The molecule has 1 aliphatic carbocycles. The smallest absolute Gasteiger partial charge is 0.360 e. The standard InChI is InChI=1S/C16H20F3N3S/c17-16(18,19)13-3-1-12(2-4-13)11-21-7-9-22(10-8-21)15(23)20-14-5-6-14/h1-4,14H,5-11H2,(H,20,23)/p+1. The Labute approximate surface area is 139 Å². The zero-order valence-corrected chi connectivity index (χ0v) is 13.6. The molecule has 7 heteroatoms. The second-order valence-corrected chi connectivity index (χ2v) is 6.72. The minimum Gasteiger partial charge on any atom is -0.360 e. The van der Waals surface area contributed by atoms with Crippen LogP contribution in [0.15, 0.2) is 24.3 Å². The summed E-state index contributed by atoms with van der Waals surface area (Å²) in [5.41, 5.74) is 0.359. The lowest BCUT2D eigenvalue weighted by Crippen LogP contribution is -3.13. The van der Waals surface area contributed by atoms with Crippen molar-refractivity contribution in [3.05, 3.63) is 35.4 Å². The van der Waals surface area contributed by atoms with Gasteiger partial charge in [0.2, 0.25) is 0 Å². The highest BCUT2D eigenvalue weighted by molar-refractivity contribution is 7.80. The quantitative estimate of drug-likeness (QED) is 0.810. The minimum atomic E-state index is -4.26. The van der Waals surface area contributed by atoms with Gasteiger partial charge in [-0.25, -0.2) is 0 Å². The first-order valence-corrected chi connectivity index (χ1v) is 8.38. The molecule has 0 atom stereocenters. The fourth-order valence-corrected chi connectivity index (χ4v) is 3.15. The highest BCUT2D eigenvalue weighted by Crippen LogP contribution is 2.28. The van der Waals surface area contributed by atoms with E-state index in [9.17, 15) is 13.2 Å². The van der Waals surface area contributed by atoms with Crippen LogP contribution in [-0.2, 0) is 12.7 Å². The molecule has 0 amide bonds. The van der Waals surface area contributed by atoms with E-state index in [4.69, 9.17) is 12.2 Å². The van der Waals surface area contributed by atoms with E-state index in [1.165, 1.54) is 29.9 Å². The molecule has 1 aromatic carbocycles. The lowest BCUT2D eigenvalue weighted by atomic mass is 10.1. The summed E-state index contributed by atoms with van der Waals surface area (Å²) in [6.45, 7) is 4.46. The van der Waals surface area contributed by atoms with Gasteiger partial charge in [0.05, 0.1) is 31.7 Å². The number of nitrogens with one attached hydrogen (secondary N) is 2. The number of thiocarbonyl (C=S) groups is 1. The largest absolute Gasteiger partial charge is 0.416 e. The van der Waals surface area contributed by atoms with Crippen molar-refractivity contribution >= 4 is 17.3 Å². The number of hydrogen-bond donors (Lipinski definition) is 2. The van der Waals surface area contributed by atoms with Gasteiger partial charge in [-0.3, -0.25) is 0 Å². The maximum Gasteiger partial charge on any atom is 0.416 e. The number of benzene rings is 1. The van der Waals surface area contributed by atoms with Gasteiger partial charge < -0.3 is 15.1 Å². The Morgan fingerprint density at radius 3 is 2.30 bits per heavy atom. The Kier molecular flexibility index (Phi) is 4.77. The summed E-state index contributed by atoms with van der Waals surface area (Å²) < 4.78 is 37.7. The van der Waals surface area contributed by atoms with E-state index in [-0.39, 0.29) is 0 Å². The van der Waals surface area contributed by atoms with E-state index in [2.05, 4.69) is 10.2 Å². The summed E-state index contributed by atoms with van der Waals surface area (Å²) in [6.07, 6.45) is -1.85. The zero-order valence-electron chi connectivity index (χ0n) is 12.8. The average Bonchev–Trinajstić information content (AvgIpc) is 3.31. The van der Waals surface area contributed by atoms with Crippen LogP contribution in [-0.4, -0.2) is 42.2 Å². The summed E-state index contributed by atoms with van der Waals surface area (Å²) in [5.74, 6) is 0. The SMILES string of the molecule is FC(F)(F)c1ccc(C[NH+]2CCN(C(=S)NC3CC3)CC2)cc1. The molecule has 1 heterocycles. The minimum absolute atomic E-state index is 0.569. The van der Waals surface area contributed by atoms with E-state index in [1.807, 2.05) is 0 Å². The second-order valence-electron chi connectivity index (χ2n) is 6.33. The Balaban J connectivity index is 1.47. The van der Waals surface area contributed by atoms with Crippen molar-refractivity contribution in [3.63, 3.8) is 0 Å². The summed E-state index contributed by atoms with van der Waals surface area (Å²) in [7, 11) is 0. The molecule has 0 unspecified atom stereocenters. The summed E-state index contributed by atoms with van der Waals surface area (Å²) >= 11 is 5.41. The van der Waals surface area contributed by atoms with Crippen molar-refractivity contribution < 1.29 is 18.1 Å². The molecule has 1 aliphatic heterocycles. The first-order valence-electron chi connectivity index (χ1n) is 7.97. The van der Waals surface area contributed by atoms with Gasteiger partial charge in [-0.05, 0) is 37.2 Å². The maximum atomic E-state index is 12.6. The molecule has 3 nitrogen and oxygen atoms in total. The normalized spacial score (nSPS) is 19.7. The lowest BCUT2D eigenvalue weighted by molar-refractivity contribution is -0.917. The van der Waals surface area contributed by atoms with Crippen molar-refractivity contribution in [2.24, 2.45) is 0 Å². The molecular weight excluding hydrogens is 323 g/mol. The third-order valence-corrected chi connectivity index (χ3v) is 4.77. The number of hydrogen-bond acceptors (Lipinski definition) is 1. The van der Waals surface area contributed by atoms with Crippen LogP contribution in [0.5, 0.6) is 0 Å². The molecule has 0 radical (unpaired) electrons. The Bertz CT molecular complexity index is 547. The fourth-order valence-electron chi connectivity index (χ4n) is 2.80. The van der Waals surface area contributed by atoms with Gasteiger partial charge in [0, 0.05) is 11.6 Å². The van der Waals surface area contributed by atoms with Crippen molar-refractivity contribution in [2.45, 2.75) is 31.6 Å². The van der Waals surface area contributed by atoms with Crippen LogP contribution >= 0.6 is 12.2 Å². The molecular formula is C16H21F3N3S+. The van der Waals surface area contributed by atoms with Gasteiger partial charge in [0.15, 0.2) is 5.11 Å². The molecule has 3 rings (SSSR count). The van der Waals surface area contributed by atoms with E-state index < -0.39 is 11.7 Å². The molecule has 1 saturated heterocycles. The molecule has 23 heavy (non-hydrogen) atoms. The fraction of sp³-hybridized carbons (Fsp3) is 0.562. The van der Waals surface area contributed by atoms with Gasteiger partial charge in [-0.1, -0.05) is 12.1 Å². The molecule has 0 spiro atoms. The molecule has 1 aromatic rings. The summed E-state index contributed by atoms with van der Waals surface area (Å²) in [6, 6.07) is 6.07. The molecule has 2 N–H and O–H groups in total. The number of alkyl halides is 3. The summed E-state index contributed by atoms with van der Waals surface area (Å²) in [4.78, 5) is 3.58. The number of piperazine rings is 1. The molecule has 0 bridgehead atoms. The predicted molar refractivity (Wildman–Crippen MR) is 86.2 cm³/mol. The molecule has 2 fully saturated rings. The predicted octanol–water partition coefficient (Wildman–Crippen LogP) is 1.44. The second kappa shape index (κ2) is 6.65. The highest BCUT2D eigenvalue weighted by Gasteiger charge is 2.30. The molecule has 0 aromatic heterocycles. The van der Waals surface area contributed by atoms with E-state index in [1.54, 1.807) is 12.1 Å². The van der Waals surface area contributed by atoms with Crippen LogP contribution in [0.3, 0.4) is 0 Å². The van der Waals surface area contributed by atoms with Crippen LogP contribution in [0, 0.1) is 0 Å². The third-order valence-electron chi connectivity index (χ3n) is 4.40. The number of nitrogens with zero attached hydrogens (tertiary/aromatic N) is 1. The number of rotatable bonds is 3. The van der Waals surface area contributed by atoms with Crippen molar-refractivity contribution in [3.8, 4) is 0 Å². The Hall–Kier alpha value is -1.34. The monoisotopic (exact) mass is 344 g/mol.